The van der Waals surface area contributed by atoms with Crippen LogP contribution in [0.1, 0.15) is 30.4 Å². The average Bonchev–Trinajstić information content (AvgIpc) is 3.04. The summed E-state index contributed by atoms with van der Waals surface area (Å²) in [6, 6.07) is 4.77. The van der Waals surface area contributed by atoms with Gasteiger partial charge in [0.05, 0.1) is 0 Å². The van der Waals surface area contributed by atoms with Crippen LogP contribution < -0.4 is 0 Å². The highest BCUT2D eigenvalue weighted by atomic mass is 19.1. The fourth-order valence-electron chi connectivity index (χ4n) is 2.30. The summed E-state index contributed by atoms with van der Waals surface area (Å²) < 4.78 is 13.1. The molecule has 0 atom stereocenters. The zero-order valence-corrected chi connectivity index (χ0v) is 9.17. The zero-order valence-electron chi connectivity index (χ0n) is 9.17. The molecular formula is C13H15FN2. The van der Waals surface area contributed by atoms with Crippen molar-refractivity contribution in [1.82, 2.24) is 4.90 Å². The first-order chi connectivity index (χ1) is 7.74. The van der Waals surface area contributed by atoms with Gasteiger partial charge in [-0.1, -0.05) is 18.9 Å². The highest BCUT2D eigenvalue weighted by Crippen LogP contribution is 2.33. The molecule has 1 fully saturated rings. The molecule has 1 saturated carbocycles. The molecule has 1 aromatic carbocycles. The normalized spacial score (nSPS) is 19.1. The van der Waals surface area contributed by atoms with Crippen molar-refractivity contribution in [1.29, 1.82) is 5.41 Å². The minimum absolute atomic E-state index is 0.243. The molecule has 1 aromatic rings. The third-order valence-corrected chi connectivity index (χ3v) is 3.51. The summed E-state index contributed by atoms with van der Waals surface area (Å²) in [4.78, 5) is 2.06. The van der Waals surface area contributed by atoms with E-state index in [4.69, 9.17) is 5.41 Å². The van der Waals surface area contributed by atoms with Gasteiger partial charge < -0.3 is 4.90 Å². The molecule has 0 bridgehead atoms. The Kier molecular flexibility index (Phi) is 2.20. The van der Waals surface area contributed by atoms with Crippen LogP contribution in [0.25, 0.3) is 0 Å². The molecule has 0 amide bonds. The number of fused-ring (bicyclic) bond motifs is 1. The van der Waals surface area contributed by atoms with E-state index in [0.29, 0.717) is 5.84 Å². The van der Waals surface area contributed by atoms with Crippen LogP contribution in [0.4, 0.5) is 4.39 Å². The number of halogens is 1. The number of amidine groups is 1. The summed E-state index contributed by atoms with van der Waals surface area (Å²) in [5.74, 6) is 1.14. The number of benzene rings is 1. The molecule has 3 rings (SSSR count). The number of hydrogen-bond acceptors (Lipinski definition) is 1. The second kappa shape index (κ2) is 3.58. The molecule has 0 spiro atoms. The van der Waals surface area contributed by atoms with E-state index in [1.165, 1.54) is 31.4 Å². The average molecular weight is 218 g/mol. The summed E-state index contributed by atoms with van der Waals surface area (Å²) in [7, 11) is 0. The van der Waals surface area contributed by atoms with Gasteiger partial charge in [0, 0.05) is 18.7 Å². The zero-order chi connectivity index (χ0) is 11.1. The predicted molar refractivity (Wildman–Crippen MR) is 61.0 cm³/mol. The van der Waals surface area contributed by atoms with E-state index < -0.39 is 0 Å². The van der Waals surface area contributed by atoms with E-state index >= 15 is 0 Å². The minimum Gasteiger partial charge on any atom is -0.352 e. The first kappa shape index (κ1) is 9.82. The maximum Gasteiger partial charge on any atom is 0.128 e. The van der Waals surface area contributed by atoms with Crippen LogP contribution in [0.3, 0.4) is 0 Å². The molecule has 0 unspecified atom stereocenters. The van der Waals surface area contributed by atoms with E-state index in [-0.39, 0.29) is 5.82 Å². The third kappa shape index (κ3) is 1.70. The molecule has 1 heterocycles. The minimum atomic E-state index is -0.243. The predicted octanol–water partition coefficient (Wildman–Crippen LogP) is 2.77. The van der Waals surface area contributed by atoms with Gasteiger partial charge in [0.25, 0.3) is 0 Å². The van der Waals surface area contributed by atoms with E-state index in [1.807, 2.05) is 0 Å². The Bertz CT molecular complexity index is 438. The number of rotatable bonds is 3. The molecule has 0 saturated heterocycles. The molecule has 1 N–H and O–H groups in total. The van der Waals surface area contributed by atoms with Crippen molar-refractivity contribution in [2.24, 2.45) is 5.92 Å². The molecule has 2 aliphatic rings. The van der Waals surface area contributed by atoms with Gasteiger partial charge in [-0.3, -0.25) is 5.41 Å². The van der Waals surface area contributed by atoms with Gasteiger partial charge in [0.15, 0.2) is 0 Å². The largest absolute Gasteiger partial charge is 0.352 e. The molecule has 16 heavy (non-hydrogen) atoms. The Hall–Kier alpha value is -1.38. The van der Waals surface area contributed by atoms with E-state index in [9.17, 15) is 4.39 Å². The van der Waals surface area contributed by atoms with Crippen molar-refractivity contribution in [3.63, 3.8) is 0 Å². The van der Waals surface area contributed by atoms with E-state index in [0.717, 1.165) is 30.1 Å². The lowest BCUT2D eigenvalue weighted by Gasteiger charge is -2.17. The van der Waals surface area contributed by atoms with Crippen molar-refractivity contribution in [2.75, 3.05) is 6.54 Å². The second-order valence-electron chi connectivity index (χ2n) is 4.80. The van der Waals surface area contributed by atoms with Crippen LogP contribution in [0.2, 0.25) is 0 Å². The van der Waals surface area contributed by atoms with E-state index in [2.05, 4.69) is 4.90 Å². The maximum atomic E-state index is 13.1. The van der Waals surface area contributed by atoms with Gasteiger partial charge in [-0.15, -0.1) is 0 Å². The van der Waals surface area contributed by atoms with Crippen molar-refractivity contribution in [2.45, 2.75) is 25.8 Å². The molecule has 84 valence electrons. The number of nitrogens with one attached hydrogen (secondary N) is 1. The van der Waals surface area contributed by atoms with Gasteiger partial charge in [0.2, 0.25) is 0 Å². The summed E-state index contributed by atoms with van der Waals surface area (Å²) in [6.45, 7) is 1.72. The number of nitrogens with zero attached hydrogens (tertiary/aromatic N) is 1. The SMILES string of the molecule is N=C1c2cc(F)ccc2CN1CCC1CC1. The van der Waals surface area contributed by atoms with Crippen LogP contribution >= 0.6 is 0 Å². The van der Waals surface area contributed by atoms with Gasteiger partial charge in [-0.2, -0.15) is 0 Å². The fraction of sp³-hybridized carbons (Fsp3) is 0.462. The molecule has 1 aliphatic carbocycles. The maximum absolute atomic E-state index is 13.1. The lowest BCUT2D eigenvalue weighted by molar-refractivity contribution is 0.407. The highest BCUT2D eigenvalue weighted by Gasteiger charge is 2.27. The third-order valence-electron chi connectivity index (χ3n) is 3.51. The first-order valence-electron chi connectivity index (χ1n) is 5.86. The van der Waals surface area contributed by atoms with Gasteiger partial charge in [0.1, 0.15) is 11.7 Å². The summed E-state index contributed by atoms with van der Waals surface area (Å²) in [5, 5.41) is 8.01. The molecular weight excluding hydrogens is 203 g/mol. The highest BCUT2D eigenvalue weighted by molar-refractivity contribution is 6.00. The Morgan fingerprint density at radius 3 is 2.94 bits per heavy atom. The van der Waals surface area contributed by atoms with Crippen molar-refractivity contribution < 1.29 is 4.39 Å². The van der Waals surface area contributed by atoms with Crippen LogP contribution in [0.5, 0.6) is 0 Å². The molecule has 3 heteroatoms. The van der Waals surface area contributed by atoms with Crippen LogP contribution in [0, 0.1) is 17.1 Å². The fourth-order valence-corrected chi connectivity index (χ4v) is 2.30. The lowest BCUT2D eigenvalue weighted by Crippen LogP contribution is -2.25. The summed E-state index contributed by atoms with van der Waals surface area (Å²) >= 11 is 0. The van der Waals surface area contributed by atoms with Crippen LogP contribution in [0.15, 0.2) is 18.2 Å². The van der Waals surface area contributed by atoms with Gasteiger partial charge in [-0.25, -0.2) is 4.39 Å². The summed E-state index contributed by atoms with van der Waals surface area (Å²) in [5.41, 5.74) is 1.86. The van der Waals surface area contributed by atoms with Crippen molar-refractivity contribution in [3.8, 4) is 0 Å². The Balaban J connectivity index is 1.74. The Morgan fingerprint density at radius 2 is 2.19 bits per heavy atom. The summed E-state index contributed by atoms with van der Waals surface area (Å²) in [6.07, 6.45) is 3.88. The molecule has 0 radical (unpaired) electrons. The standard InChI is InChI=1S/C13H15FN2/c14-11-4-3-10-8-16(6-5-9-1-2-9)13(15)12(10)7-11/h3-4,7,9,15H,1-2,5-6,8H2. The van der Waals surface area contributed by atoms with Crippen LogP contribution in [-0.2, 0) is 6.54 Å². The Labute approximate surface area is 94.6 Å². The quantitative estimate of drug-likeness (QED) is 0.829. The van der Waals surface area contributed by atoms with Gasteiger partial charge >= 0.3 is 0 Å². The van der Waals surface area contributed by atoms with Crippen molar-refractivity contribution in [3.05, 3.63) is 35.1 Å². The van der Waals surface area contributed by atoms with Crippen LogP contribution in [-0.4, -0.2) is 17.3 Å². The smallest absolute Gasteiger partial charge is 0.128 e. The monoisotopic (exact) mass is 218 g/mol. The van der Waals surface area contributed by atoms with Gasteiger partial charge in [-0.05, 0) is 30.0 Å². The first-order valence-corrected chi connectivity index (χ1v) is 5.86. The number of hydrogen-bond donors (Lipinski definition) is 1. The molecule has 1 aliphatic heterocycles. The van der Waals surface area contributed by atoms with Crippen molar-refractivity contribution >= 4 is 5.84 Å². The molecule has 0 aromatic heterocycles. The Morgan fingerprint density at radius 1 is 1.38 bits per heavy atom. The molecule has 2 nitrogen and oxygen atoms in total. The lowest BCUT2D eigenvalue weighted by atomic mass is 10.1. The topological polar surface area (TPSA) is 27.1 Å². The van der Waals surface area contributed by atoms with E-state index in [1.54, 1.807) is 6.07 Å². The second-order valence-corrected chi connectivity index (χ2v) is 4.80.